The molecule has 6 nitrogen and oxygen atoms in total. The Hall–Kier alpha value is -3.37. The lowest BCUT2D eigenvalue weighted by Crippen LogP contribution is -2.18. The first-order valence-corrected chi connectivity index (χ1v) is 9.56. The smallest absolute Gasteiger partial charge is 0.270 e. The number of H-pyrrole nitrogens is 1. The minimum Gasteiger partial charge on any atom is -0.325 e. The second-order valence-electron chi connectivity index (χ2n) is 6.23. The van der Waals surface area contributed by atoms with Crippen LogP contribution < -0.4 is 10.9 Å². The van der Waals surface area contributed by atoms with E-state index in [4.69, 9.17) is 0 Å². The number of benzene rings is 2. The predicted molar refractivity (Wildman–Crippen MR) is 110 cm³/mol. The lowest BCUT2D eigenvalue weighted by Gasteiger charge is -2.09. The highest BCUT2D eigenvalue weighted by molar-refractivity contribution is 7.99. The number of anilines is 1. The van der Waals surface area contributed by atoms with E-state index in [0.717, 1.165) is 28.6 Å². The molecule has 0 unspecified atom stereocenters. The lowest BCUT2D eigenvalue weighted by molar-refractivity contribution is -0.113. The van der Waals surface area contributed by atoms with Crippen LogP contribution in [0.3, 0.4) is 0 Å². The molecule has 0 fully saturated rings. The molecule has 0 aliphatic carbocycles. The number of carbonyl (C=O) groups is 1. The topological polar surface area (TPSA) is 98.6 Å². The van der Waals surface area contributed by atoms with Gasteiger partial charge in [0.2, 0.25) is 5.91 Å². The van der Waals surface area contributed by atoms with Crippen molar-refractivity contribution in [3.05, 3.63) is 75.6 Å². The van der Waals surface area contributed by atoms with E-state index >= 15 is 0 Å². The van der Waals surface area contributed by atoms with Crippen LogP contribution in [0, 0.1) is 25.2 Å². The number of aromatic nitrogens is 2. The third kappa shape index (κ3) is 4.48. The van der Waals surface area contributed by atoms with Crippen molar-refractivity contribution in [2.45, 2.75) is 19.0 Å². The monoisotopic (exact) mass is 390 g/mol. The van der Waals surface area contributed by atoms with Gasteiger partial charge in [0.25, 0.3) is 5.56 Å². The molecule has 7 heteroatoms. The maximum Gasteiger partial charge on any atom is 0.270 e. The maximum absolute atomic E-state index is 12.3. The van der Waals surface area contributed by atoms with Crippen LogP contribution in [-0.2, 0) is 4.79 Å². The maximum atomic E-state index is 12.3. The highest BCUT2D eigenvalue weighted by atomic mass is 32.2. The van der Waals surface area contributed by atoms with Crippen LogP contribution in [-0.4, -0.2) is 21.6 Å². The van der Waals surface area contributed by atoms with Gasteiger partial charge in [-0.15, -0.1) is 0 Å². The van der Waals surface area contributed by atoms with Crippen LogP contribution in [0.1, 0.15) is 16.7 Å². The summed E-state index contributed by atoms with van der Waals surface area (Å²) in [5, 5.41) is 12.5. The molecule has 0 radical (unpaired) electrons. The molecule has 0 aliphatic rings. The second kappa shape index (κ2) is 8.55. The van der Waals surface area contributed by atoms with Crippen LogP contribution in [0.4, 0.5) is 5.69 Å². The quantitative estimate of drug-likeness (QED) is 0.512. The molecule has 1 aromatic heterocycles. The molecule has 140 valence electrons. The van der Waals surface area contributed by atoms with Crippen LogP contribution in [0.2, 0.25) is 0 Å². The van der Waals surface area contributed by atoms with Crippen molar-refractivity contribution in [1.82, 2.24) is 9.97 Å². The molecule has 0 bridgehead atoms. The van der Waals surface area contributed by atoms with Crippen LogP contribution in [0.25, 0.3) is 11.3 Å². The minimum atomic E-state index is -0.520. The highest BCUT2D eigenvalue weighted by Gasteiger charge is 2.14. The van der Waals surface area contributed by atoms with E-state index in [2.05, 4.69) is 15.3 Å². The number of amides is 1. The summed E-state index contributed by atoms with van der Waals surface area (Å²) in [6, 6.07) is 16.8. The Morgan fingerprint density at radius 3 is 2.68 bits per heavy atom. The lowest BCUT2D eigenvalue weighted by atomic mass is 10.1. The fourth-order valence-corrected chi connectivity index (χ4v) is 3.28. The number of nitrogens with zero attached hydrogens (tertiary/aromatic N) is 2. The SMILES string of the molecule is Cc1ccc(C)c(NC(=O)CSc2nc(-c3ccccc3)c(C#N)c(=O)[nH]2)c1. The zero-order valence-corrected chi connectivity index (χ0v) is 16.3. The Labute approximate surface area is 166 Å². The van der Waals surface area contributed by atoms with Crippen molar-refractivity contribution in [3.8, 4) is 17.3 Å². The summed E-state index contributed by atoms with van der Waals surface area (Å²) in [6.45, 7) is 3.88. The van der Waals surface area contributed by atoms with Gasteiger partial charge in [0.1, 0.15) is 11.6 Å². The van der Waals surface area contributed by atoms with Gasteiger partial charge >= 0.3 is 0 Å². The number of nitriles is 1. The molecule has 28 heavy (non-hydrogen) atoms. The van der Waals surface area contributed by atoms with E-state index in [1.54, 1.807) is 12.1 Å². The van der Waals surface area contributed by atoms with Gasteiger partial charge in [-0.1, -0.05) is 54.2 Å². The average molecular weight is 390 g/mol. The van der Waals surface area contributed by atoms with E-state index < -0.39 is 5.56 Å². The van der Waals surface area contributed by atoms with Crippen molar-refractivity contribution in [2.75, 3.05) is 11.1 Å². The van der Waals surface area contributed by atoms with Gasteiger partial charge in [0, 0.05) is 11.3 Å². The van der Waals surface area contributed by atoms with Crippen molar-refractivity contribution < 1.29 is 4.79 Å². The van der Waals surface area contributed by atoms with Crippen molar-refractivity contribution in [3.63, 3.8) is 0 Å². The molecule has 3 rings (SSSR count). The Bertz CT molecular complexity index is 1120. The first kappa shape index (κ1) is 19.4. The average Bonchev–Trinajstić information content (AvgIpc) is 2.69. The van der Waals surface area contributed by atoms with Gasteiger partial charge in [-0.25, -0.2) is 4.98 Å². The predicted octanol–water partition coefficient (Wildman–Crippen LogP) is 3.66. The number of thioether (sulfide) groups is 1. The summed E-state index contributed by atoms with van der Waals surface area (Å²) >= 11 is 1.11. The van der Waals surface area contributed by atoms with Crippen LogP contribution in [0.5, 0.6) is 0 Å². The minimum absolute atomic E-state index is 0.0459. The van der Waals surface area contributed by atoms with Crippen molar-refractivity contribution in [2.24, 2.45) is 0 Å². The molecular formula is C21H18N4O2S. The van der Waals surface area contributed by atoms with E-state index in [-0.39, 0.29) is 17.2 Å². The first-order chi connectivity index (χ1) is 13.5. The molecule has 0 saturated heterocycles. The standard InChI is InChI=1S/C21H18N4O2S/c1-13-8-9-14(2)17(10-13)23-18(26)12-28-21-24-19(15-6-4-3-5-7-15)16(11-22)20(27)25-21/h3-10H,12H2,1-2H3,(H,23,26)(H,24,25,27). The van der Waals surface area contributed by atoms with Gasteiger partial charge in [-0.05, 0) is 31.0 Å². The zero-order valence-electron chi connectivity index (χ0n) is 15.4. The number of aryl methyl sites for hydroxylation is 2. The molecule has 3 aromatic rings. The molecule has 0 atom stereocenters. The van der Waals surface area contributed by atoms with Gasteiger partial charge in [-0.2, -0.15) is 5.26 Å². The van der Waals surface area contributed by atoms with Gasteiger partial charge in [-0.3, -0.25) is 9.59 Å². The van der Waals surface area contributed by atoms with E-state index in [1.807, 2.05) is 56.3 Å². The normalized spacial score (nSPS) is 10.3. The van der Waals surface area contributed by atoms with Crippen molar-refractivity contribution in [1.29, 1.82) is 5.26 Å². The zero-order chi connectivity index (χ0) is 20.1. The summed E-state index contributed by atoms with van der Waals surface area (Å²) in [5.74, 6) is -0.122. The Morgan fingerprint density at radius 2 is 1.96 bits per heavy atom. The fraction of sp³-hybridized carbons (Fsp3) is 0.143. The molecule has 1 amide bonds. The summed E-state index contributed by atoms with van der Waals surface area (Å²) in [6.07, 6.45) is 0. The third-order valence-corrected chi connectivity index (χ3v) is 4.94. The number of nitrogens with one attached hydrogen (secondary N) is 2. The molecule has 1 heterocycles. The van der Waals surface area contributed by atoms with E-state index in [9.17, 15) is 14.9 Å². The molecule has 2 N–H and O–H groups in total. The first-order valence-electron chi connectivity index (χ1n) is 8.57. The fourth-order valence-electron chi connectivity index (χ4n) is 2.62. The number of carbonyl (C=O) groups excluding carboxylic acids is 1. The summed E-state index contributed by atoms with van der Waals surface area (Å²) in [4.78, 5) is 31.5. The Morgan fingerprint density at radius 1 is 1.21 bits per heavy atom. The number of hydrogen-bond acceptors (Lipinski definition) is 5. The summed E-state index contributed by atoms with van der Waals surface area (Å²) < 4.78 is 0. The molecule has 2 aromatic carbocycles. The van der Waals surface area contributed by atoms with E-state index in [0.29, 0.717) is 16.4 Å². The van der Waals surface area contributed by atoms with E-state index in [1.165, 1.54) is 0 Å². The number of aromatic amines is 1. The Kier molecular flexibility index (Phi) is 5.92. The largest absolute Gasteiger partial charge is 0.325 e. The van der Waals surface area contributed by atoms with Crippen LogP contribution in [0.15, 0.2) is 58.5 Å². The number of hydrogen-bond donors (Lipinski definition) is 2. The second-order valence-corrected chi connectivity index (χ2v) is 7.19. The molecule has 0 spiro atoms. The number of rotatable bonds is 5. The third-order valence-electron chi connectivity index (χ3n) is 4.06. The molecule has 0 saturated carbocycles. The van der Waals surface area contributed by atoms with Gasteiger partial charge < -0.3 is 10.3 Å². The van der Waals surface area contributed by atoms with Gasteiger partial charge in [0.05, 0.1) is 11.4 Å². The van der Waals surface area contributed by atoms with Crippen molar-refractivity contribution >= 4 is 23.4 Å². The van der Waals surface area contributed by atoms with Crippen LogP contribution >= 0.6 is 11.8 Å². The highest BCUT2D eigenvalue weighted by Crippen LogP contribution is 2.22. The summed E-state index contributed by atoms with van der Waals surface area (Å²) in [5.41, 5.74) is 3.21. The van der Waals surface area contributed by atoms with Gasteiger partial charge in [0.15, 0.2) is 5.16 Å². The summed E-state index contributed by atoms with van der Waals surface area (Å²) in [7, 11) is 0. The molecule has 0 aliphatic heterocycles. The molecular weight excluding hydrogens is 372 g/mol. The Balaban J connectivity index is 1.79.